The number of nitrogens with one attached hydrogen (secondary N) is 3. The van der Waals surface area contributed by atoms with Crippen LogP contribution < -0.4 is 16.0 Å². The number of aldehydes is 1. The van der Waals surface area contributed by atoms with Crippen molar-refractivity contribution in [2.75, 3.05) is 0 Å². The zero-order chi connectivity index (χ0) is 24.2. The second-order valence-corrected chi connectivity index (χ2v) is 8.35. The Morgan fingerprint density at radius 3 is 1.94 bits per heavy atom. The molecule has 3 amide bonds. The van der Waals surface area contributed by atoms with Crippen molar-refractivity contribution in [2.24, 2.45) is 5.92 Å². The van der Waals surface area contributed by atoms with E-state index in [4.69, 9.17) is 0 Å². The van der Waals surface area contributed by atoms with Gasteiger partial charge in [0.05, 0.1) is 6.04 Å². The van der Waals surface area contributed by atoms with Crippen LogP contribution in [0.25, 0.3) is 0 Å². The number of hydrogen-bond acceptors (Lipinski definition) is 4. The highest BCUT2D eigenvalue weighted by Crippen LogP contribution is 2.08. The molecule has 0 aliphatic carbocycles. The molecule has 0 aromatic heterocycles. The van der Waals surface area contributed by atoms with Crippen LogP contribution in [0.1, 0.15) is 49.5 Å². The SMILES string of the molecule is CCC[C@H](NC(=O)[C@H](Cc1ccccc1)NC(=O)c1ccccc1)C(=O)N[C@H](C=O)C(C)C. The lowest BCUT2D eigenvalue weighted by atomic mass is 10.0. The van der Waals surface area contributed by atoms with Gasteiger partial charge < -0.3 is 20.7 Å². The Labute approximate surface area is 195 Å². The molecule has 7 heteroatoms. The van der Waals surface area contributed by atoms with Crippen LogP contribution in [-0.4, -0.2) is 42.1 Å². The Balaban J connectivity index is 2.18. The molecule has 33 heavy (non-hydrogen) atoms. The van der Waals surface area contributed by atoms with E-state index in [0.717, 1.165) is 5.56 Å². The number of amides is 3. The normalized spacial score (nSPS) is 13.5. The highest BCUT2D eigenvalue weighted by atomic mass is 16.2. The Hall–Kier alpha value is -3.48. The van der Waals surface area contributed by atoms with E-state index < -0.39 is 29.9 Å². The van der Waals surface area contributed by atoms with Gasteiger partial charge in [-0.1, -0.05) is 75.7 Å². The summed E-state index contributed by atoms with van der Waals surface area (Å²) in [6.45, 7) is 5.58. The molecule has 0 saturated carbocycles. The van der Waals surface area contributed by atoms with E-state index in [1.54, 1.807) is 24.3 Å². The average Bonchev–Trinajstić information content (AvgIpc) is 2.82. The molecule has 0 heterocycles. The molecule has 0 aliphatic rings. The van der Waals surface area contributed by atoms with E-state index in [2.05, 4.69) is 16.0 Å². The molecule has 0 unspecified atom stereocenters. The third-order valence-corrected chi connectivity index (χ3v) is 5.32. The van der Waals surface area contributed by atoms with Gasteiger partial charge in [0.15, 0.2) is 0 Å². The lowest BCUT2D eigenvalue weighted by Crippen LogP contribution is -2.56. The van der Waals surface area contributed by atoms with E-state index in [0.29, 0.717) is 24.7 Å². The van der Waals surface area contributed by atoms with Crippen molar-refractivity contribution in [2.45, 2.75) is 58.2 Å². The molecule has 0 radical (unpaired) electrons. The van der Waals surface area contributed by atoms with Crippen LogP contribution in [0.15, 0.2) is 60.7 Å². The van der Waals surface area contributed by atoms with Crippen molar-refractivity contribution in [1.82, 2.24) is 16.0 Å². The molecule has 3 atom stereocenters. The van der Waals surface area contributed by atoms with Crippen molar-refractivity contribution in [1.29, 1.82) is 0 Å². The van der Waals surface area contributed by atoms with Crippen LogP contribution in [0.2, 0.25) is 0 Å². The monoisotopic (exact) mass is 451 g/mol. The van der Waals surface area contributed by atoms with E-state index in [-0.39, 0.29) is 18.2 Å². The van der Waals surface area contributed by atoms with Crippen LogP contribution >= 0.6 is 0 Å². The maximum absolute atomic E-state index is 13.2. The first kappa shape index (κ1) is 25.8. The lowest BCUT2D eigenvalue weighted by molar-refractivity contribution is -0.131. The van der Waals surface area contributed by atoms with E-state index in [9.17, 15) is 19.2 Å². The van der Waals surface area contributed by atoms with Gasteiger partial charge in [0.25, 0.3) is 5.91 Å². The number of carbonyl (C=O) groups is 4. The molecule has 3 N–H and O–H groups in total. The third kappa shape index (κ3) is 8.18. The fourth-order valence-corrected chi connectivity index (χ4v) is 3.34. The summed E-state index contributed by atoms with van der Waals surface area (Å²) in [7, 11) is 0. The van der Waals surface area contributed by atoms with Gasteiger partial charge in [-0.3, -0.25) is 14.4 Å². The lowest BCUT2D eigenvalue weighted by Gasteiger charge is -2.25. The fraction of sp³-hybridized carbons (Fsp3) is 0.385. The minimum atomic E-state index is -0.876. The highest BCUT2D eigenvalue weighted by Gasteiger charge is 2.28. The molecule has 2 rings (SSSR count). The molecule has 2 aromatic carbocycles. The molecule has 0 bridgehead atoms. The quantitative estimate of drug-likeness (QED) is 0.432. The van der Waals surface area contributed by atoms with Gasteiger partial charge in [-0.25, -0.2) is 0 Å². The minimum absolute atomic E-state index is 0.0691. The van der Waals surface area contributed by atoms with Crippen LogP contribution in [-0.2, 0) is 20.8 Å². The standard InChI is InChI=1S/C26H33N3O4/c1-4-11-21(25(32)29-23(17-30)18(2)3)27-26(33)22(16-19-12-7-5-8-13-19)28-24(31)20-14-9-6-10-15-20/h5-10,12-15,17-18,21-23H,4,11,16H2,1-3H3,(H,27,33)(H,28,31)(H,29,32)/t21-,22-,23+/m0/s1. The first-order valence-corrected chi connectivity index (χ1v) is 11.3. The molecule has 0 spiro atoms. The first-order chi connectivity index (χ1) is 15.8. The van der Waals surface area contributed by atoms with Crippen molar-refractivity contribution in [3.05, 3.63) is 71.8 Å². The summed E-state index contributed by atoms with van der Waals surface area (Å²) in [6, 6.07) is 15.7. The topological polar surface area (TPSA) is 104 Å². The second kappa shape index (κ2) is 13.2. The number of rotatable bonds is 12. The van der Waals surface area contributed by atoms with Gasteiger partial charge >= 0.3 is 0 Å². The zero-order valence-corrected chi connectivity index (χ0v) is 19.4. The molecule has 0 aliphatic heterocycles. The largest absolute Gasteiger partial charge is 0.345 e. The van der Waals surface area contributed by atoms with Gasteiger partial charge in [0.1, 0.15) is 18.4 Å². The van der Waals surface area contributed by atoms with Gasteiger partial charge in [-0.15, -0.1) is 0 Å². The Kier molecular flexibility index (Phi) is 10.3. The molecule has 176 valence electrons. The molecule has 2 aromatic rings. The van der Waals surface area contributed by atoms with Crippen molar-refractivity contribution < 1.29 is 19.2 Å². The predicted molar refractivity (Wildman–Crippen MR) is 128 cm³/mol. The van der Waals surface area contributed by atoms with Gasteiger partial charge in [-0.2, -0.15) is 0 Å². The fourth-order valence-electron chi connectivity index (χ4n) is 3.34. The highest BCUT2D eigenvalue weighted by molar-refractivity contribution is 5.98. The predicted octanol–water partition coefficient (Wildman–Crippen LogP) is 2.65. The van der Waals surface area contributed by atoms with Crippen molar-refractivity contribution >= 4 is 24.0 Å². The van der Waals surface area contributed by atoms with Gasteiger partial charge in [-0.05, 0) is 30.0 Å². The number of hydrogen-bond donors (Lipinski definition) is 3. The minimum Gasteiger partial charge on any atom is -0.345 e. The maximum Gasteiger partial charge on any atom is 0.251 e. The summed E-state index contributed by atoms with van der Waals surface area (Å²) in [5.41, 5.74) is 1.32. The van der Waals surface area contributed by atoms with Crippen molar-refractivity contribution in [3.63, 3.8) is 0 Å². The Morgan fingerprint density at radius 1 is 0.818 bits per heavy atom. The number of benzene rings is 2. The molecule has 7 nitrogen and oxygen atoms in total. The van der Waals surface area contributed by atoms with Crippen LogP contribution in [0, 0.1) is 5.92 Å². The Morgan fingerprint density at radius 2 is 1.39 bits per heavy atom. The summed E-state index contributed by atoms with van der Waals surface area (Å²) in [6.07, 6.45) is 2.04. The van der Waals surface area contributed by atoms with Crippen LogP contribution in [0.5, 0.6) is 0 Å². The average molecular weight is 452 g/mol. The second-order valence-electron chi connectivity index (χ2n) is 8.35. The molecular weight excluding hydrogens is 418 g/mol. The zero-order valence-electron chi connectivity index (χ0n) is 19.4. The van der Waals surface area contributed by atoms with Gasteiger partial charge in [0, 0.05) is 12.0 Å². The number of carbonyl (C=O) groups excluding carboxylic acids is 4. The molecular formula is C26H33N3O4. The molecule has 0 saturated heterocycles. The summed E-state index contributed by atoms with van der Waals surface area (Å²) in [5.74, 6) is -1.31. The summed E-state index contributed by atoms with van der Waals surface area (Å²) < 4.78 is 0. The van der Waals surface area contributed by atoms with Crippen LogP contribution in [0.3, 0.4) is 0 Å². The third-order valence-electron chi connectivity index (χ3n) is 5.32. The summed E-state index contributed by atoms with van der Waals surface area (Å²) in [4.78, 5) is 50.1. The van der Waals surface area contributed by atoms with Crippen LogP contribution in [0.4, 0.5) is 0 Å². The summed E-state index contributed by atoms with van der Waals surface area (Å²) >= 11 is 0. The molecule has 0 fully saturated rings. The Bertz CT molecular complexity index is 916. The van der Waals surface area contributed by atoms with E-state index >= 15 is 0 Å². The van der Waals surface area contributed by atoms with Crippen molar-refractivity contribution in [3.8, 4) is 0 Å². The summed E-state index contributed by atoms with van der Waals surface area (Å²) in [5, 5.41) is 8.28. The maximum atomic E-state index is 13.2. The van der Waals surface area contributed by atoms with E-state index in [1.165, 1.54) is 0 Å². The first-order valence-electron chi connectivity index (χ1n) is 11.3. The van der Waals surface area contributed by atoms with E-state index in [1.807, 2.05) is 57.2 Å². The van der Waals surface area contributed by atoms with Gasteiger partial charge in [0.2, 0.25) is 11.8 Å². The smallest absolute Gasteiger partial charge is 0.251 e.